The molecule has 1 unspecified atom stereocenters. The Bertz CT molecular complexity index is 340. The fourth-order valence-electron chi connectivity index (χ4n) is 1.83. The Balaban J connectivity index is -0.000000425. The third kappa shape index (κ3) is 17.7. The van der Waals surface area contributed by atoms with Gasteiger partial charge in [-0.2, -0.15) is 11.8 Å². The molecule has 0 saturated carbocycles. The standard InChI is InChI=1S/C14H22S.C3H8.CH3B.CH5NO/c1-11-6-8-13(9-7-11)12(2)10-14(3,4)15-5;1-3-2;1-2;1-2-3/h6-9,12H,10H2,1-5H3;3H2,1-2H3;1H3;2-3H,1H3. The van der Waals surface area contributed by atoms with E-state index in [-0.39, 0.29) is 0 Å². The van der Waals surface area contributed by atoms with Crippen LogP contribution in [0, 0.1) is 6.92 Å². The summed E-state index contributed by atoms with van der Waals surface area (Å²) in [5.41, 5.74) is 4.55. The second-order valence-electron chi connectivity index (χ2n) is 5.91. The van der Waals surface area contributed by atoms with Gasteiger partial charge in [0.25, 0.3) is 0 Å². The van der Waals surface area contributed by atoms with Crippen molar-refractivity contribution in [2.75, 3.05) is 13.3 Å². The molecule has 0 aliphatic rings. The van der Waals surface area contributed by atoms with E-state index in [9.17, 15) is 0 Å². The van der Waals surface area contributed by atoms with Gasteiger partial charge in [-0.25, -0.2) is 5.48 Å². The van der Waals surface area contributed by atoms with Gasteiger partial charge in [-0.3, -0.25) is 0 Å². The fraction of sp³-hybridized carbons (Fsp3) is 0.684. The van der Waals surface area contributed by atoms with E-state index < -0.39 is 0 Å². The summed E-state index contributed by atoms with van der Waals surface area (Å²) in [4.78, 5) is 0. The van der Waals surface area contributed by atoms with Crippen LogP contribution < -0.4 is 5.48 Å². The predicted octanol–water partition coefficient (Wildman–Crippen LogP) is 5.84. The van der Waals surface area contributed by atoms with E-state index in [1.54, 1.807) is 5.48 Å². The summed E-state index contributed by atoms with van der Waals surface area (Å²) >= 11 is 1.95. The SMILES string of the molecule is CCC.CNO.CSC(C)(C)CC(C)c1ccc(C)cc1.[B]C. The van der Waals surface area contributed by atoms with Crippen LogP contribution in [0.25, 0.3) is 0 Å². The normalized spacial score (nSPS) is 10.9. The van der Waals surface area contributed by atoms with Crippen molar-refractivity contribution in [3.05, 3.63) is 35.4 Å². The zero-order valence-electron chi connectivity index (χ0n) is 16.7. The van der Waals surface area contributed by atoms with Gasteiger partial charge in [-0.1, -0.05) is 77.7 Å². The lowest BCUT2D eigenvalue weighted by Gasteiger charge is -2.26. The Labute approximate surface area is 151 Å². The van der Waals surface area contributed by atoms with E-state index in [1.165, 1.54) is 37.8 Å². The predicted molar refractivity (Wildman–Crippen MR) is 110 cm³/mol. The molecule has 0 saturated heterocycles. The number of hydrogen-bond donors (Lipinski definition) is 2. The number of hydrogen-bond acceptors (Lipinski definition) is 3. The molecule has 0 spiro atoms. The lowest BCUT2D eigenvalue weighted by molar-refractivity contribution is 0.194. The average Bonchev–Trinajstić information content (AvgIpc) is 2.51. The van der Waals surface area contributed by atoms with Crippen LogP contribution >= 0.6 is 11.8 Å². The van der Waals surface area contributed by atoms with Crippen molar-refractivity contribution in [3.63, 3.8) is 0 Å². The molecule has 1 atom stereocenters. The van der Waals surface area contributed by atoms with E-state index in [4.69, 9.17) is 5.21 Å². The Morgan fingerprint density at radius 1 is 1.17 bits per heavy atom. The van der Waals surface area contributed by atoms with Crippen molar-refractivity contribution >= 4 is 19.6 Å². The fourth-order valence-corrected chi connectivity index (χ4v) is 2.25. The van der Waals surface area contributed by atoms with Crippen LogP contribution in [0.5, 0.6) is 0 Å². The molecular weight excluding hydrogens is 301 g/mol. The summed E-state index contributed by atoms with van der Waals surface area (Å²) in [6, 6.07) is 8.93. The van der Waals surface area contributed by atoms with Gasteiger partial charge in [-0.15, -0.1) is 0 Å². The van der Waals surface area contributed by atoms with Crippen molar-refractivity contribution in [2.45, 2.75) is 71.9 Å². The van der Waals surface area contributed by atoms with Gasteiger partial charge in [0.2, 0.25) is 0 Å². The number of hydroxylamine groups is 1. The molecule has 4 heteroatoms. The van der Waals surface area contributed by atoms with Crippen LogP contribution in [-0.4, -0.2) is 31.1 Å². The Morgan fingerprint density at radius 3 is 1.83 bits per heavy atom. The van der Waals surface area contributed by atoms with E-state index >= 15 is 0 Å². The molecule has 0 bridgehead atoms. The van der Waals surface area contributed by atoms with Crippen LogP contribution in [-0.2, 0) is 0 Å². The summed E-state index contributed by atoms with van der Waals surface area (Å²) in [6.45, 7) is 14.9. The molecule has 134 valence electrons. The zero-order valence-corrected chi connectivity index (χ0v) is 17.6. The Morgan fingerprint density at radius 2 is 1.52 bits per heavy atom. The molecule has 2 nitrogen and oxygen atoms in total. The summed E-state index contributed by atoms with van der Waals surface area (Å²) in [7, 11) is 5.93. The zero-order chi connectivity index (χ0) is 18.9. The highest BCUT2D eigenvalue weighted by atomic mass is 32.2. The van der Waals surface area contributed by atoms with E-state index in [2.05, 4.69) is 79.9 Å². The Kier molecular flexibility index (Phi) is 21.3. The first kappa shape index (κ1) is 27.4. The van der Waals surface area contributed by atoms with Gasteiger partial charge in [0.05, 0.1) is 7.85 Å². The van der Waals surface area contributed by atoms with E-state index in [1.807, 2.05) is 11.8 Å². The lowest BCUT2D eigenvalue weighted by Crippen LogP contribution is -2.17. The summed E-state index contributed by atoms with van der Waals surface area (Å²) in [6.07, 6.45) is 4.68. The third-order valence-electron chi connectivity index (χ3n) is 3.00. The van der Waals surface area contributed by atoms with Crippen LogP contribution in [0.4, 0.5) is 0 Å². The maximum atomic E-state index is 7.32. The highest BCUT2D eigenvalue weighted by Crippen LogP contribution is 2.33. The molecule has 0 amide bonds. The quantitative estimate of drug-likeness (QED) is 0.533. The van der Waals surface area contributed by atoms with E-state index in [0.717, 1.165) is 0 Å². The lowest BCUT2D eigenvalue weighted by atomic mass is 9.91. The first-order valence-corrected chi connectivity index (χ1v) is 9.50. The van der Waals surface area contributed by atoms with Crippen LogP contribution in [0.2, 0.25) is 6.82 Å². The minimum absolute atomic E-state index is 0.379. The molecule has 0 fully saturated rings. The Hall–Kier alpha value is -0.445. The molecule has 0 aliphatic carbocycles. The molecular formula is C19H38BNOS. The first-order valence-electron chi connectivity index (χ1n) is 8.28. The molecule has 1 aromatic rings. The molecule has 2 radical (unpaired) electrons. The van der Waals surface area contributed by atoms with Crippen molar-refractivity contribution in [1.82, 2.24) is 5.48 Å². The minimum Gasteiger partial charge on any atom is -0.317 e. The first-order chi connectivity index (χ1) is 10.8. The molecule has 0 aromatic heterocycles. The monoisotopic (exact) mass is 339 g/mol. The number of thioether (sulfide) groups is 1. The van der Waals surface area contributed by atoms with Crippen molar-refractivity contribution in [2.24, 2.45) is 0 Å². The summed E-state index contributed by atoms with van der Waals surface area (Å²) in [5, 5.41) is 7.32. The molecule has 0 heterocycles. The van der Waals surface area contributed by atoms with Crippen molar-refractivity contribution in [1.29, 1.82) is 0 Å². The minimum atomic E-state index is 0.379. The topological polar surface area (TPSA) is 32.3 Å². The van der Waals surface area contributed by atoms with Crippen LogP contribution in [0.3, 0.4) is 0 Å². The average molecular weight is 339 g/mol. The van der Waals surface area contributed by atoms with Gasteiger partial charge in [-0.05, 0) is 31.1 Å². The molecule has 2 N–H and O–H groups in total. The van der Waals surface area contributed by atoms with Gasteiger partial charge in [0.1, 0.15) is 0 Å². The third-order valence-corrected chi connectivity index (χ3v) is 4.27. The van der Waals surface area contributed by atoms with Gasteiger partial charge >= 0.3 is 0 Å². The molecule has 0 aliphatic heterocycles. The number of nitrogens with one attached hydrogen (secondary N) is 1. The largest absolute Gasteiger partial charge is 0.317 e. The van der Waals surface area contributed by atoms with Crippen molar-refractivity contribution in [3.8, 4) is 0 Å². The maximum absolute atomic E-state index is 7.32. The second-order valence-corrected chi connectivity index (χ2v) is 7.42. The highest BCUT2D eigenvalue weighted by Gasteiger charge is 2.20. The smallest absolute Gasteiger partial charge is 0.0606 e. The van der Waals surface area contributed by atoms with Crippen LogP contribution in [0.15, 0.2) is 24.3 Å². The summed E-state index contributed by atoms with van der Waals surface area (Å²) in [5.74, 6) is 0.646. The number of rotatable bonds is 4. The maximum Gasteiger partial charge on any atom is 0.0606 e. The van der Waals surface area contributed by atoms with Gasteiger partial charge in [0, 0.05) is 11.8 Å². The van der Waals surface area contributed by atoms with Crippen LogP contribution in [0.1, 0.15) is 64.5 Å². The molecule has 1 rings (SSSR count). The molecule has 1 aromatic carbocycles. The summed E-state index contributed by atoms with van der Waals surface area (Å²) < 4.78 is 0.379. The number of aryl methyl sites for hydroxylation is 1. The number of benzene rings is 1. The highest BCUT2D eigenvalue weighted by molar-refractivity contribution is 7.99. The van der Waals surface area contributed by atoms with Gasteiger partial charge in [0.15, 0.2) is 0 Å². The van der Waals surface area contributed by atoms with Gasteiger partial charge < -0.3 is 5.21 Å². The molecule has 23 heavy (non-hydrogen) atoms. The van der Waals surface area contributed by atoms with Crippen molar-refractivity contribution < 1.29 is 5.21 Å². The van der Waals surface area contributed by atoms with E-state index in [0.29, 0.717) is 10.7 Å². The second kappa shape index (κ2) is 17.9.